The fourth-order valence-corrected chi connectivity index (χ4v) is 4.02. The van der Waals surface area contributed by atoms with Crippen molar-refractivity contribution in [1.82, 2.24) is 14.8 Å². The molecule has 0 bridgehead atoms. The summed E-state index contributed by atoms with van der Waals surface area (Å²) in [6.07, 6.45) is 1.99. The van der Waals surface area contributed by atoms with E-state index in [0.29, 0.717) is 32.8 Å². The van der Waals surface area contributed by atoms with Gasteiger partial charge in [0, 0.05) is 22.6 Å². The highest BCUT2D eigenvalue weighted by molar-refractivity contribution is 7.98. The number of thioether (sulfide) groups is 1. The second kappa shape index (κ2) is 7.96. The number of benzene rings is 2. The molecule has 9 heteroatoms. The number of aliphatic carboxylic acids is 1. The number of hydrogen-bond acceptors (Lipinski definition) is 5. The van der Waals surface area contributed by atoms with E-state index in [1.165, 1.54) is 17.8 Å². The van der Waals surface area contributed by atoms with Crippen molar-refractivity contribution in [3.63, 3.8) is 0 Å². The summed E-state index contributed by atoms with van der Waals surface area (Å²) in [6, 6.07) is 11.1. The number of aliphatic imine (C=N–C) groups is 1. The van der Waals surface area contributed by atoms with E-state index in [1.807, 2.05) is 16.9 Å². The minimum atomic E-state index is -0.936. The molecule has 2 aromatic carbocycles. The summed E-state index contributed by atoms with van der Waals surface area (Å²) in [5, 5.41) is 18.8. The summed E-state index contributed by atoms with van der Waals surface area (Å²) in [6.45, 7) is 0. The summed E-state index contributed by atoms with van der Waals surface area (Å²) in [7, 11) is 0. The lowest BCUT2D eigenvalue weighted by Gasteiger charge is -2.13. The Morgan fingerprint density at radius 2 is 2.03 bits per heavy atom. The Labute approximate surface area is 175 Å². The van der Waals surface area contributed by atoms with Crippen LogP contribution in [0.25, 0.3) is 5.69 Å². The summed E-state index contributed by atoms with van der Waals surface area (Å²) < 4.78 is 16.5. The van der Waals surface area contributed by atoms with Crippen LogP contribution in [-0.4, -0.2) is 37.8 Å². The first kappa shape index (κ1) is 19.6. The fraction of sp³-hybridized carbons (Fsp3) is 0.200. The average Bonchev–Trinajstić information content (AvgIpc) is 3.07. The predicted octanol–water partition coefficient (Wildman–Crippen LogP) is 4.54. The standard InChI is InChI=1S/C20H16ClFN4O2S/c1-29-20-25-24-19-15(7-9-17(27)28)23-18(12-4-2-3-5-14(12)22)13-10-11(21)6-8-16(13)26(19)20/h2-6,8,10,15H,7,9H2,1H3,(H,27,28)/t15-/m0/s1. The Morgan fingerprint density at radius 3 is 2.76 bits per heavy atom. The van der Waals surface area contributed by atoms with Crippen molar-refractivity contribution in [3.05, 3.63) is 70.3 Å². The number of nitrogens with zero attached hydrogens (tertiary/aromatic N) is 4. The van der Waals surface area contributed by atoms with Crippen LogP contribution >= 0.6 is 23.4 Å². The van der Waals surface area contributed by atoms with Gasteiger partial charge in [-0.05, 0) is 43.0 Å². The number of hydrogen-bond donors (Lipinski definition) is 1. The van der Waals surface area contributed by atoms with Gasteiger partial charge in [0.25, 0.3) is 0 Å². The van der Waals surface area contributed by atoms with Crippen molar-refractivity contribution in [1.29, 1.82) is 0 Å². The van der Waals surface area contributed by atoms with Crippen LogP contribution in [0.1, 0.15) is 35.8 Å². The lowest BCUT2D eigenvalue weighted by molar-refractivity contribution is -0.137. The van der Waals surface area contributed by atoms with Crippen molar-refractivity contribution in [2.75, 3.05) is 6.26 Å². The first-order valence-corrected chi connectivity index (χ1v) is 10.4. The van der Waals surface area contributed by atoms with Crippen LogP contribution in [0.15, 0.2) is 52.6 Å². The number of halogens is 2. The number of carboxylic acids is 1. The van der Waals surface area contributed by atoms with E-state index in [9.17, 15) is 14.3 Å². The van der Waals surface area contributed by atoms with Crippen LogP contribution in [0.5, 0.6) is 0 Å². The monoisotopic (exact) mass is 430 g/mol. The zero-order chi connectivity index (χ0) is 20.5. The van der Waals surface area contributed by atoms with Crippen molar-refractivity contribution in [2.45, 2.75) is 24.0 Å². The van der Waals surface area contributed by atoms with Gasteiger partial charge in [0.05, 0.1) is 11.4 Å². The zero-order valence-electron chi connectivity index (χ0n) is 15.3. The van der Waals surface area contributed by atoms with Gasteiger partial charge in [0.2, 0.25) is 0 Å². The molecule has 3 aromatic rings. The smallest absolute Gasteiger partial charge is 0.303 e. The van der Waals surface area contributed by atoms with Crippen molar-refractivity contribution >= 4 is 35.0 Å². The van der Waals surface area contributed by atoms with Crippen molar-refractivity contribution in [2.24, 2.45) is 4.99 Å². The van der Waals surface area contributed by atoms with E-state index in [-0.39, 0.29) is 12.8 Å². The molecule has 0 radical (unpaired) electrons. The molecular weight excluding hydrogens is 415 g/mol. The first-order chi connectivity index (χ1) is 14.0. The van der Waals surface area contributed by atoms with Gasteiger partial charge in [0.1, 0.15) is 11.9 Å². The van der Waals surface area contributed by atoms with Gasteiger partial charge in [-0.1, -0.05) is 35.5 Å². The maximum Gasteiger partial charge on any atom is 0.303 e. The van der Waals surface area contributed by atoms with Crippen molar-refractivity contribution < 1.29 is 14.3 Å². The number of carbonyl (C=O) groups is 1. The van der Waals surface area contributed by atoms with E-state index in [4.69, 9.17) is 16.6 Å². The van der Waals surface area contributed by atoms with E-state index >= 15 is 0 Å². The van der Waals surface area contributed by atoms with Gasteiger partial charge in [-0.15, -0.1) is 10.2 Å². The Morgan fingerprint density at radius 1 is 1.24 bits per heavy atom. The Hall–Kier alpha value is -2.71. The van der Waals surface area contributed by atoms with Gasteiger partial charge in [0.15, 0.2) is 11.0 Å². The second-order valence-corrected chi connectivity index (χ2v) is 7.66. The summed E-state index contributed by atoms with van der Waals surface area (Å²) in [5.74, 6) is -0.837. The van der Waals surface area contributed by atoms with Crippen LogP contribution in [-0.2, 0) is 4.79 Å². The molecule has 0 saturated heterocycles. The quantitative estimate of drug-likeness (QED) is 0.601. The van der Waals surface area contributed by atoms with Crippen LogP contribution in [0.2, 0.25) is 5.02 Å². The van der Waals surface area contributed by atoms with E-state index in [2.05, 4.69) is 10.2 Å². The normalized spacial score (nSPS) is 15.3. The van der Waals surface area contributed by atoms with Crippen LogP contribution in [0.4, 0.5) is 4.39 Å². The third-order valence-corrected chi connectivity index (χ3v) is 5.50. The molecule has 0 amide bonds. The molecule has 29 heavy (non-hydrogen) atoms. The third kappa shape index (κ3) is 3.65. The molecule has 4 rings (SSSR count). The highest BCUT2D eigenvalue weighted by Crippen LogP contribution is 2.36. The zero-order valence-corrected chi connectivity index (χ0v) is 16.9. The van der Waals surface area contributed by atoms with Crippen molar-refractivity contribution in [3.8, 4) is 5.69 Å². The van der Waals surface area contributed by atoms with Gasteiger partial charge in [-0.3, -0.25) is 14.4 Å². The molecule has 148 valence electrons. The molecule has 1 N–H and O–H groups in total. The topological polar surface area (TPSA) is 80.4 Å². The maximum absolute atomic E-state index is 14.7. The Balaban J connectivity index is 2.01. The Bertz CT molecular complexity index is 1130. The summed E-state index contributed by atoms with van der Waals surface area (Å²) >= 11 is 7.67. The number of fused-ring (bicyclic) bond motifs is 3. The SMILES string of the molecule is CSc1nnc2n1-c1ccc(Cl)cc1C(c1ccccc1F)=N[C@H]2CCC(=O)O. The molecule has 2 heterocycles. The van der Waals surface area contributed by atoms with Gasteiger partial charge < -0.3 is 5.11 Å². The van der Waals surface area contributed by atoms with Gasteiger partial charge in [-0.25, -0.2) is 4.39 Å². The minimum Gasteiger partial charge on any atom is -0.481 e. The molecule has 1 aliphatic rings. The lowest BCUT2D eigenvalue weighted by atomic mass is 10.00. The third-order valence-electron chi connectivity index (χ3n) is 4.64. The highest BCUT2D eigenvalue weighted by Gasteiger charge is 2.30. The second-order valence-electron chi connectivity index (χ2n) is 6.45. The van der Waals surface area contributed by atoms with E-state index < -0.39 is 17.8 Å². The molecule has 1 aliphatic heterocycles. The molecule has 0 aliphatic carbocycles. The van der Waals surface area contributed by atoms with E-state index in [0.717, 1.165) is 5.69 Å². The lowest BCUT2D eigenvalue weighted by Crippen LogP contribution is -2.09. The number of aromatic nitrogens is 3. The molecule has 6 nitrogen and oxygen atoms in total. The first-order valence-electron chi connectivity index (χ1n) is 8.83. The summed E-state index contributed by atoms with van der Waals surface area (Å²) in [4.78, 5) is 16.0. The van der Waals surface area contributed by atoms with Crippen LogP contribution in [0.3, 0.4) is 0 Å². The predicted molar refractivity (Wildman–Crippen MR) is 110 cm³/mol. The molecule has 0 unspecified atom stereocenters. The van der Waals surface area contributed by atoms with Crippen LogP contribution in [0, 0.1) is 5.82 Å². The molecule has 1 aromatic heterocycles. The molecule has 0 saturated carbocycles. The van der Waals surface area contributed by atoms with Gasteiger partial charge in [-0.2, -0.15) is 0 Å². The maximum atomic E-state index is 14.7. The minimum absolute atomic E-state index is 0.0999. The largest absolute Gasteiger partial charge is 0.481 e. The molecule has 1 atom stereocenters. The summed E-state index contributed by atoms with van der Waals surface area (Å²) in [5.41, 5.74) is 2.09. The van der Waals surface area contributed by atoms with Gasteiger partial charge >= 0.3 is 5.97 Å². The number of carboxylic acid groups (broad SMARTS) is 1. The highest BCUT2D eigenvalue weighted by atomic mass is 35.5. The van der Waals surface area contributed by atoms with E-state index in [1.54, 1.807) is 30.3 Å². The molecule has 0 spiro atoms. The Kier molecular flexibility index (Phi) is 5.38. The average molecular weight is 431 g/mol. The van der Waals surface area contributed by atoms with Crippen LogP contribution < -0.4 is 0 Å². The number of rotatable bonds is 5. The molecule has 0 fully saturated rings. The molecular formula is C20H16ClFN4O2S. The fourth-order valence-electron chi connectivity index (χ4n) is 3.35.